The van der Waals surface area contributed by atoms with Crippen molar-refractivity contribution in [2.75, 3.05) is 25.4 Å². The Morgan fingerprint density at radius 2 is 2.00 bits per heavy atom. The Hall–Kier alpha value is -0.860. The Balaban J connectivity index is 2.21. The summed E-state index contributed by atoms with van der Waals surface area (Å²) in [4.78, 5) is 13.9. The molecule has 2 heterocycles. The average molecular weight is 320 g/mol. The molecule has 0 aliphatic carbocycles. The Labute approximate surface area is 125 Å². The normalized spacial score (nSPS) is 32.4. The molecule has 1 N–H and O–H groups in total. The summed E-state index contributed by atoms with van der Waals surface area (Å²) >= 11 is 0. The van der Waals surface area contributed by atoms with Crippen molar-refractivity contribution >= 4 is 16.1 Å². The fourth-order valence-electron chi connectivity index (χ4n) is 2.82. The summed E-state index contributed by atoms with van der Waals surface area (Å²) in [5.41, 5.74) is -0.597. The fraction of sp³-hybridized carbons (Fsp3) is 0.923. The van der Waals surface area contributed by atoms with Crippen molar-refractivity contribution in [2.45, 2.75) is 51.3 Å². The van der Waals surface area contributed by atoms with E-state index in [0.717, 1.165) is 0 Å². The molecular weight excluding hydrogens is 296 g/mol. The van der Waals surface area contributed by atoms with E-state index >= 15 is 0 Å². The zero-order chi connectivity index (χ0) is 15.8. The van der Waals surface area contributed by atoms with E-state index in [4.69, 9.17) is 4.74 Å². The Kier molecular flexibility index (Phi) is 4.51. The van der Waals surface area contributed by atoms with Crippen molar-refractivity contribution in [2.24, 2.45) is 0 Å². The number of sulfonamides is 1. The predicted octanol–water partition coefficient (Wildman–Crippen LogP) is 0.392. The van der Waals surface area contributed by atoms with Gasteiger partial charge in [-0.1, -0.05) is 0 Å². The second-order valence-corrected chi connectivity index (χ2v) is 8.69. The molecule has 1 amide bonds. The number of fused-ring (bicyclic) bond motifs is 2. The number of hydrogen-bond acceptors (Lipinski definition) is 5. The monoisotopic (exact) mass is 320 g/mol. The van der Waals surface area contributed by atoms with Gasteiger partial charge in [-0.05, 0) is 33.6 Å². The summed E-state index contributed by atoms with van der Waals surface area (Å²) in [6.07, 6.45) is 0.707. The van der Waals surface area contributed by atoms with Gasteiger partial charge < -0.3 is 14.7 Å². The fourth-order valence-corrected chi connectivity index (χ4v) is 4.57. The molecule has 2 rings (SSSR count). The van der Waals surface area contributed by atoms with E-state index in [-0.39, 0.29) is 31.5 Å². The lowest BCUT2D eigenvalue weighted by atomic mass is 10.1. The minimum absolute atomic E-state index is 0.0716. The number of hydrogen-bond donors (Lipinski definition) is 1. The van der Waals surface area contributed by atoms with E-state index in [2.05, 4.69) is 0 Å². The molecular formula is C13H24N2O5S. The van der Waals surface area contributed by atoms with Crippen LogP contribution in [0.1, 0.15) is 33.6 Å². The first-order chi connectivity index (χ1) is 9.64. The van der Waals surface area contributed by atoms with Crippen molar-refractivity contribution in [1.29, 1.82) is 0 Å². The molecule has 2 aliphatic rings. The number of piperazine rings is 1. The largest absolute Gasteiger partial charge is 0.444 e. The topological polar surface area (TPSA) is 87.2 Å². The van der Waals surface area contributed by atoms with Gasteiger partial charge in [0.15, 0.2) is 0 Å². The Morgan fingerprint density at radius 1 is 1.33 bits per heavy atom. The van der Waals surface area contributed by atoms with Gasteiger partial charge in [-0.15, -0.1) is 0 Å². The van der Waals surface area contributed by atoms with Crippen LogP contribution in [0.25, 0.3) is 0 Å². The zero-order valence-electron chi connectivity index (χ0n) is 12.8. The van der Waals surface area contributed by atoms with Crippen molar-refractivity contribution in [3.8, 4) is 0 Å². The molecule has 2 bridgehead atoms. The molecule has 0 radical (unpaired) electrons. The van der Waals surface area contributed by atoms with Gasteiger partial charge in [0, 0.05) is 19.1 Å². The maximum Gasteiger partial charge on any atom is 0.410 e. The van der Waals surface area contributed by atoms with Gasteiger partial charge >= 0.3 is 6.09 Å². The molecule has 21 heavy (non-hydrogen) atoms. The van der Waals surface area contributed by atoms with Crippen LogP contribution in [0, 0.1) is 0 Å². The third-order valence-corrected chi connectivity index (χ3v) is 5.75. The SMILES string of the molecule is CC(C)(C)OC(=O)N1CC(CO)N2CC1CCCS2(=O)=O. The summed E-state index contributed by atoms with van der Waals surface area (Å²) in [5, 5.41) is 9.47. The zero-order valence-corrected chi connectivity index (χ0v) is 13.6. The molecule has 0 aromatic rings. The Bertz CT molecular complexity index is 499. The highest BCUT2D eigenvalue weighted by atomic mass is 32.2. The minimum atomic E-state index is -3.34. The lowest BCUT2D eigenvalue weighted by Gasteiger charge is -2.43. The number of carbonyl (C=O) groups excluding carboxylic acids is 1. The minimum Gasteiger partial charge on any atom is -0.444 e. The lowest BCUT2D eigenvalue weighted by Crippen LogP contribution is -2.61. The average Bonchev–Trinajstić information content (AvgIpc) is 2.46. The lowest BCUT2D eigenvalue weighted by molar-refractivity contribution is -0.00800. The van der Waals surface area contributed by atoms with Gasteiger partial charge in [0.05, 0.1) is 18.4 Å². The first kappa shape index (κ1) is 16.5. The molecule has 3 unspecified atom stereocenters. The molecule has 2 saturated heterocycles. The van der Waals surface area contributed by atoms with Crippen LogP contribution in [0.2, 0.25) is 0 Å². The number of carbonyl (C=O) groups is 1. The van der Waals surface area contributed by atoms with Crippen LogP contribution in [0.5, 0.6) is 0 Å². The maximum atomic E-state index is 12.3. The van der Waals surface area contributed by atoms with Crippen molar-refractivity contribution < 1.29 is 23.1 Å². The summed E-state index contributed by atoms with van der Waals surface area (Å²) in [6, 6.07) is -0.767. The third kappa shape index (κ3) is 3.67. The smallest absolute Gasteiger partial charge is 0.410 e. The molecule has 122 valence electrons. The predicted molar refractivity (Wildman–Crippen MR) is 77.3 cm³/mol. The van der Waals surface area contributed by atoms with Crippen molar-refractivity contribution in [3.63, 3.8) is 0 Å². The number of rotatable bonds is 1. The van der Waals surface area contributed by atoms with E-state index in [1.54, 1.807) is 25.7 Å². The Morgan fingerprint density at radius 3 is 2.57 bits per heavy atom. The van der Waals surface area contributed by atoms with Crippen LogP contribution in [0.3, 0.4) is 0 Å². The van der Waals surface area contributed by atoms with Gasteiger partial charge in [-0.3, -0.25) is 0 Å². The molecule has 0 aromatic carbocycles. The van der Waals surface area contributed by atoms with E-state index in [1.165, 1.54) is 4.31 Å². The number of amides is 1. The van der Waals surface area contributed by atoms with E-state index in [1.807, 2.05) is 0 Å². The van der Waals surface area contributed by atoms with Crippen LogP contribution in [0.4, 0.5) is 4.79 Å². The van der Waals surface area contributed by atoms with Crippen molar-refractivity contribution in [3.05, 3.63) is 0 Å². The van der Waals surface area contributed by atoms with Gasteiger partial charge in [0.25, 0.3) is 0 Å². The highest BCUT2D eigenvalue weighted by Crippen LogP contribution is 2.27. The van der Waals surface area contributed by atoms with Gasteiger partial charge in [-0.25, -0.2) is 13.2 Å². The van der Waals surface area contributed by atoms with Crippen LogP contribution in [-0.4, -0.2) is 72.0 Å². The molecule has 8 heteroatoms. The molecule has 3 atom stereocenters. The number of nitrogens with zero attached hydrogens (tertiary/aromatic N) is 2. The highest BCUT2D eigenvalue weighted by Gasteiger charge is 2.44. The van der Waals surface area contributed by atoms with E-state index < -0.39 is 27.8 Å². The van der Waals surface area contributed by atoms with Crippen molar-refractivity contribution in [1.82, 2.24) is 9.21 Å². The second-order valence-electron chi connectivity index (χ2n) is 6.65. The van der Waals surface area contributed by atoms with Crippen LogP contribution >= 0.6 is 0 Å². The molecule has 7 nitrogen and oxygen atoms in total. The number of aliphatic hydroxyl groups is 1. The summed E-state index contributed by atoms with van der Waals surface area (Å²) in [7, 11) is -3.34. The summed E-state index contributed by atoms with van der Waals surface area (Å²) < 4.78 is 31.1. The standard InChI is InChI=1S/C13H24N2O5S/c1-13(2,3)20-12(17)14-7-11(9-16)15-8-10(14)5-4-6-21(15,18)19/h10-11,16H,4-9H2,1-3H3. The van der Waals surface area contributed by atoms with E-state index in [0.29, 0.717) is 12.8 Å². The first-order valence-corrected chi connectivity index (χ1v) is 8.85. The third-order valence-electron chi connectivity index (χ3n) is 3.78. The van der Waals surface area contributed by atoms with Crippen LogP contribution < -0.4 is 0 Å². The highest BCUT2D eigenvalue weighted by molar-refractivity contribution is 7.89. The quantitative estimate of drug-likeness (QED) is 0.755. The molecule has 2 fully saturated rings. The number of aliphatic hydroxyl groups excluding tert-OH is 1. The van der Waals surface area contributed by atoms with E-state index in [9.17, 15) is 18.3 Å². The molecule has 0 aromatic heterocycles. The first-order valence-electron chi connectivity index (χ1n) is 7.24. The molecule has 0 spiro atoms. The van der Waals surface area contributed by atoms with Gasteiger partial charge in [0.1, 0.15) is 5.60 Å². The van der Waals surface area contributed by atoms with Crippen LogP contribution in [-0.2, 0) is 14.8 Å². The molecule has 0 saturated carbocycles. The second kappa shape index (κ2) is 5.73. The number of ether oxygens (including phenoxy) is 1. The van der Waals surface area contributed by atoms with Gasteiger partial charge in [-0.2, -0.15) is 4.31 Å². The van der Waals surface area contributed by atoms with Gasteiger partial charge in [0.2, 0.25) is 10.0 Å². The molecule has 2 aliphatic heterocycles. The summed E-state index contributed by atoms with van der Waals surface area (Å²) in [6.45, 7) is 5.50. The summed E-state index contributed by atoms with van der Waals surface area (Å²) in [5.74, 6) is 0.0716. The van der Waals surface area contributed by atoms with Crippen LogP contribution in [0.15, 0.2) is 0 Å². The maximum absolute atomic E-state index is 12.3.